The predicted molar refractivity (Wildman–Crippen MR) is 54.8 cm³/mol. The van der Waals surface area contributed by atoms with Crippen molar-refractivity contribution in [3.05, 3.63) is 0 Å². The molecule has 0 aromatic rings. The van der Waals surface area contributed by atoms with Gasteiger partial charge in [0.1, 0.15) is 0 Å². The number of ether oxygens (including phenoxy) is 2. The van der Waals surface area contributed by atoms with Crippen LogP contribution >= 0.6 is 0 Å². The van der Waals surface area contributed by atoms with E-state index in [0.717, 1.165) is 13.0 Å². The van der Waals surface area contributed by atoms with Crippen molar-refractivity contribution in [1.82, 2.24) is 9.80 Å². The van der Waals surface area contributed by atoms with Crippen LogP contribution in [-0.2, 0) is 9.47 Å². The van der Waals surface area contributed by atoms with E-state index < -0.39 is 0 Å². The number of amides is 2. The third-order valence-electron chi connectivity index (χ3n) is 3.04. The largest absolute Gasteiger partial charge is 0.379 e. The Kier molecular flexibility index (Phi) is 3.43. The summed E-state index contributed by atoms with van der Waals surface area (Å²) in [6.07, 6.45) is 0.951. The van der Waals surface area contributed by atoms with Crippen LogP contribution in [0.3, 0.4) is 0 Å². The summed E-state index contributed by atoms with van der Waals surface area (Å²) in [7, 11) is 1.86. The van der Waals surface area contributed by atoms with Crippen LogP contribution in [-0.4, -0.2) is 68.4 Å². The lowest BCUT2D eigenvalue weighted by molar-refractivity contribution is 0.0413. The fourth-order valence-electron chi connectivity index (χ4n) is 1.96. The van der Waals surface area contributed by atoms with E-state index >= 15 is 0 Å². The summed E-state index contributed by atoms with van der Waals surface area (Å²) in [6.45, 7) is 4.16. The minimum Gasteiger partial charge on any atom is -0.379 e. The van der Waals surface area contributed by atoms with Crippen molar-refractivity contribution < 1.29 is 14.3 Å². The first-order valence-electron chi connectivity index (χ1n) is 5.46. The van der Waals surface area contributed by atoms with Gasteiger partial charge < -0.3 is 19.3 Å². The zero-order valence-electron chi connectivity index (χ0n) is 9.15. The van der Waals surface area contributed by atoms with Crippen LogP contribution in [0.15, 0.2) is 0 Å². The van der Waals surface area contributed by atoms with E-state index in [1.807, 2.05) is 11.9 Å². The summed E-state index contributed by atoms with van der Waals surface area (Å²) in [4.78, 5) is 15.7. The Morgan fingerprint density at radius 1 is 1.27 bits per heavy atom. The minimum absolute atomic E-state index is 0.105. The van der Waals surface area contributed by atoms with Crippen molar-refractivity contribution in [1.29, 1.82) is 0 Å². The summed E-state index contributed by atoms with van der Waals surface area (Å²) in [5.74, 6) is 0. The van der Waals surface area contributed by atoms with Crippen molar-refractivity contribution in [2.24, 2.45) is 0 Å². The summed E-state index contributed by atoms with van der Waals surface area (Å²) in [6, 6.07) is 0.356. The van der Waals surface area contributed by atoms with Crippen molar-refractivity contribution in [3.63, 3.8) is 0 Å². The number of carbonyl (C=O) groups excluding carboxylic acids is 1. The maximum absolute atomic E-state index is 12.0. The zero-order chi connectivity index (χ0) is 10.7. The SMILES string of the molecule is CN(C(=O)N1CCOCC1)C1CCOC1. The molecule has 2 aliphatic heterocycles. The normalized spacial score (nSPS) is 26.7. The average molecular weight is 214 g/mol. The van der Waals surface area contributed by atoms with Crippen LogP contribution in [0.2, 0.25) is 0 Å². The Morgan fingerprint density at radius 3 is 2.60 bits per heavy atom. The number of rotatable bonds is 1. The molecule has 86 valence electrons. The van der Waals surface area contributed by atoms with Crippen LogP contribution in [0.1, 0.15) is 6.42 Å². The highest BCUT2D eigenvalue weighted by atomic mass is 16.5. The smallest absolute Gasteiger partial charge is 0.320 e. The quantitative estimate of drug-likeness (QED) is 0.624. The second-order valence-electron chi connectivity index (χ2n) is 4.01. The van der Waals surface area contributed by atoms with Crippen molar-refractivity contribution in [3.8, 4) is 0 Å². The lowest BCUT2D eigenvalue weighted by Crippen LogP contribution is -2.50. The fraction of sp³-hybridized carbons (Fsp3) is 0.900. The summed E-state index contributed by atoms with van der Waals surface area (Å²) in [5.41, 5.74) is 0. The first kappa shape index (κ1) is 10.7. The molecule has 2 fully saturated rings. The summed E-state index contributed by atoms with van der Waals surface area (Å²) < 4.78 is 10.5. The molecule has 2 rings (SSSR count). The van der Waals surface area contributed by atoms with Gasteiger partial charge in [0.15, 0.2) is 0 Å². The molecule has 5 nitrogen and oxygen atoms in total. The number of carbonyl (C=O) groups is 1. The number of nitrogens with zero attached hydrogens (tertiary/aromatic N) is 2. The molecule has 0 aromatic carbocycles. The Balaban J connectivity index is 1.87. The van der Waals surface area contributed by atoms with E-state index in [-0.39, 0.29) is 12.1 Å². The van der Waals surface area contributed by atoms with E-state index in [1.165, 1.54) is 0 Å². The predicted octanol–water partition coefficient (Wildman–Crippen LogP) is 0.159. The van der Waals surface area contributed by atoms with E-state index in [0.29, 0.717) is 32.9 Å². The zero-order valence-corrected chi connectivity index (χ0v) is 9.15. The van der Waals surface area contributed by atoms with Gasteiger partial charge in [-0.25, -0.2) is 4.79 Å². The Hall–Kier alpha value is -0.810. The van der Waals surface area contributed by atoms with Crippen molar-refractivity contribution in [2.75, 3.05) is 46.6 Å². The molecule has 0 aromatic heterocycles. The first-order chi connectivity index (χ1) is 7.29. The molecule has 0 N–H and O–H groups in total. The van der Waals surface area contributed by atoms with E-state index in [1.54, 1.807) is 4.90 Å². The van der Waals surface area contributed by atoms with Gasteiger partial charge in [-0.3, -0.25) is 0 Å². The number of urea groups is 1. The molecular formula is C10H18N2O3. The lowest BCUT2D eigenvalue weighted by atomic mass is 10.2. The monoisotopic (exact) mass is 214 g/mol. The van der Waals surface area contributed by atoms with Gasteiger partial charge >= 0.3 is 6.03 Å². The number of hydrogen-bond donors (Lipinski definition) is 0. The highest BCUT2D eigenvalue weighted by Crippen LogP contribution is 2.13. The average Bonchev–Trinajstić information content (AvgIpc) is 2.82. The molecule has 0 spiro atoms. The molecule has 2 amide bonds. The van der Waals surface area contributed by atoms with Crippen molar-refractivity contribution in [2.45, 2.75) is 12.5 Å². The third-order valence-corrected chi connectivity index (χ3v) is 3.04. The molecule has 0 radical (unpaired) electrons. The van der Waals surface area contributed by atoms with Gasteiger partial charge in [0, 0.05) is 26.7 Å². The molecule has 1 unspecified atom stereocenters. The van der Waals surface area contributed by atoms with Gasteiger partial charge in [-0.1, -0.05) is 0 Å². The number of likely N-dealkylation sites (N-methyl/N-ethyl adjacent to an activating group) is 1. The van der Waals surface area contributed by atoms with Crippen LogP contribution in [0.25, 0.3) is 0 Å². The summed E-state index contributed by atoms with van der Waals surface area (Å²) >= 11 is 0. The second kappa shape index (κ2) is 4.81. The molecule has 2 heterocycles. The van der Waals surface area contributed by atoms with Gasteiger partial charge in [-0.15, -0.1) is 0 Å². The van der Waals surface area contributed by atoms with E-state index in [4.69, 9.17) is 9.47 Å². The maximum Gasteiger partial charge on any atom is 0.320 e. The highest BCUT2D eigenvalue weighted by molar-refractivity contribution is 5.74. The van der Waals surface area contributed by atoms with Crippen LogP contribution in [0.4, 0.5) is 4.79 Å². The minimum atomic E-state index is 0.105. The molecule has 2 saturated heterocycles. The fourth-order valence-corrected chi connectivity index (χ4v) is 1.96. The van der Waals surface area contributed by atoms with Gasteiger partial charge in [0.05, 0.1) is 25.9 Å². The Bertz CT molecular complexity index is 223. The molecule has 0 saturated carbocycles. The first-order valence-corrected chi connectivity index (χ1v) is 5.46. The van der Waals surface area contributed by atoms with Gasteiger partial charge in [-0.2, -0.15) is 0 Å². The van der Waals surface area contributed by atoms with E-state index in [9.17, 15) is 4.79 Å². The highest BCUT2D eigenvalue weighted by Gasteiger charge is 2.28. The van der Waals surface area contributed by atoms with Crippen molar-refractivity contribution >= 4 is 6.03 Å². The Labute approximate surface area is 89.9 Å². The lowest BCUT2D eigenvalue weighted by Gasteiger charge is -2.33. The molecule has 15 heavy (non-hydrogen) atoms. The van der Waals surface area contributed by atoms with Gasteiger partial charge in [-0.05, 0) is 6.42 Å². The second-order valence-corrected chi connectivity index (χ2v) is 4.01. The van der Waals surface area contributed by atoms with Crippen LogP contribution in [0.5, 0.6) is 0 Å². The third kappa shape index (κ3) is 2.41. The Morgan fingerprint density at radius 2 is 2.00 bits per heavy atom. The molecule has 2 aliphatic rings. The topological polar surface area (TPSA) is 42.0 Å². The molecule has 1 atom stereocenters. The van der Waals surface area contributed by atoms with Gasteiger partial charge in [0.25, 0.3) is 0 Å². The molecular weight excluding hydrogens is 196 g/mol. The molecule has 5 heteroatoms. The maximum atomic E-state index is 12.0. The van der Waals surface area contributed by atoms with Crippen LogP contribution < -0.4 is 0 Å². The number of morpholine rings is 1. The molecule has 0 aliphatic carbocycles. The van der Waals surface area contributed by atoms with Crippen LogP contribution in [0, 0.1) is 0 Å². The molecule has 0 bridgehead atoms. The van der Waals surface area contributed by atoms with E-state index in [2.05, 4.69) is 0 Å². The standard InChI is InChI=1S/C10H18N2O3/c1-11(9-2-5-15-8-9)10(13)12-3-6-14-7-4-12/h9H,2-8H2,1H3. The van der Waals surface area contributed by atoms with Gasteiger partial charge in [0.2, 0.25) is 0 Å². The number of hydrogen-bond acceptors (Lipinski definition) is 3. The summed E-state index contributed by atoms with van der Waals surface area (Å²) in [5, 5.41) is 0.